The molecule has 4 heteroatoms. The van der Waals surface area contributed by atoms with Crippen LogP contribution in [0.4, 0.5) is 0 Å². The summed E-state index contributed by atoms with van der Waals surface area (Å²) in [4.78, 5) is 0. The first-order valence-corrected chi connectivity index (χ1v) is 5.27. The molecule has 0 radical (unpaired) electrons. The van der Waals surface area contributed by atoms with Crippen molar-refractivity contribution in [3.05, 3.63) is 0 Å². The van der Waals surface area contributed by atoms with Crippen molar-refractivity contribution in [1.29, 1.82) is 0 Å². The molecule has 1 rings (SSSR count). The summed E-state index contributed by atoms with van der Waals surface area (Å²) in [6.07, 6.45) is 0.267. The van der Waals surface area contributed by atoms with Gasteiger partial charge in [-0.05, 0) is 19.3 Å². The van der Waals surface area contributed by atoms with E-state index in [-0.39, 0.29) is 0 Å². The molecule has 1 aliphatic carbocycles. The van der Waals surface area contributed by atoms with Crippen LogP contribution >= 0.6 is 22.6 Å². The van der Waals surface area contributed by atoms with Crippen molar-refractivity contribution in [2.24, 2.45) is 0 Å². The minimum Gasteiger partial charge on any atom is -0.390 e. The van der Waals surface area contributed by atoms with Gasteiger partial charge in [0.2, 0.25) is 0 Å². The second-order valence-electron chi connectivity index (χ2n) is 3.14. The van der Waals surface area contributed by atoms with Crippen molar-refractivity contribution >= 4 is 22.6 Å². The smallest absolute Gasteiger partial charge is 0.109 e. The molecule has 1 aliphatic rings. The van der Waals surface area contributed by atoms with Gasteiger partial charge < -0.3 is 15.3 Å². The Morgan fingerprint density at radius 3 is 2.55 bits per heavy atom. The van der Waals surface area contributed by atoms with Gasteiger partial charge in [-0.15, -0.1) is 0 Å². The van der Waals surface area contributed by atoms with Gasteiger partial charge >= 0.3 is 0 Å². The second kappa shape index (κ2) is 3.55. The Hall–Kier alpha value is 0.610. The molecule has 0 aliphatic heterocycles. The zero-order chi connectivity index (χ0) is 8.48. The summed E-state index contributed by atoms with van der Waals surface area (Å²) in [6.45, 7) is 0. The maximum absolute atomic E-state index is 9.70. The predicted octanol–water partition coefficient (Wildman–Crippen LogP) is 0.0582. The average Bonchev–Trinajstić information content (AvgIpc) is 2.00. The third-order valence-electron chi connectivity index (χ3n) is 2.26. The number of hydrogen-bond donors (Lipinski definition) is 3. The second-order valence-corrected chi connectivity index (χ2v) is 3.90. The third-order valence-corrected chi connectivity index (χ3v) is 3.58. The van der Waals surface area contributed by atoms with E-state index in [1.54, 1.807) is 0 Å². The molecule has 0 aromatic carbocycles. The van der Waals surface area contributed by atoms with Crippen molar-refractivity contribution < 1.29 is 15.3 Å². The lowest BCUT2D eigenvalue weighted by molar-refractivity contribution is -0.136. The Morgan fingerprint density at radius 1 is 1.45 bits per heavy atom. The van der Waals surface area contributed by atoms with E-state index in [9.17, 15) is 15.3 Å². The molecule has 3 unspecified atom stereocenters. The highest BCUT2D eigenvalue weighted by Crippen LogP contribution is 2.30. The van der Waals surface area contributed by atoms with Gasteiger partial charge in [0.25, 0.3) is 0 Å². The highest BCUT2D eigenvalue weighted by atomic mass is 127. The van der Waals surface area contributed by atoms with Crippen molar-refractivity contribution in [1.82, 2.24) is 0 Å². The van der Waals surface area contributed by atoms with E-state index in [1.807, 2.05) is 22.6 Å². The molecule has 66 valence electrons. The maximum Gasteiger partial charge on any atom is 0.109 e. The van der Waals surface area contributed by atoms with Crippen LogP contribution in [0.25, 0.3) is 0 Å². The molecule has 0 aromatic rings. The largest absolute Gasteiger partial charge is 0.390 e. The molecule has 3 nitrogen and oxygen atoms in total. The first-order valence-electron chi connectivity index (χ1n) is 3.74. The average molecular weight is 272 g/mol. The third kappa shape index (κ3) is 1.85. The Balaban J connectivity index is 2.64. The topological polar surface area (TPSA) is 60.7 Å². The van der Waals surface area contributed by atoms with E-state index in [0.717, 1.165) is 6.42 Å². The zero-order valence-corrected chi connectivity index (χ0v) is 8.36. The minimum absolute atomic E-state index is 0.475. The summed E-state index contributed by atoms with van der Waals surface area (Å²) in [5.41, 5.74) is -1.06. The van der Waals surface area contributed by atoms with Crippen molar-refractivity contribution in [2.45, 2.75) is 37.1 Å². The Morgan fingerprint density at radius 2 is 2.09 bits per heavy atom. The molecular weight excluding hydrogens is 259 g/mol. The van der Waals surface area contributed by atoms with Gasteiger partial charge in [-0.1, -0.05) is 22.6 Å². The number of hydrogen-bond acceptors (Lipinski definition) is 3. The summed E-state index contributed by atoms with van der Waals surface area (Å²) in [5.74, 6) is 0. The van der Waals surface area contributed by atoms with E-state index >= 15 is 0 Å². The van der Waals surface area contributed by atoms with Crippen LogP contribution in [-0.2, 0) is 0 Å². The van der Waals surface area contributed by atoms with Gasteiger partial charge in [-0.25, -0.2) is 0 Å². The predicted molar refractivity (Wildman–Crippen MR) is 49.7 cm³/mol. The van der Waals surface area contributed by atoms with Crippen LogP contribution in [0.15, 0.2) is 0 Å². The lowest BCUT2D eigenvalue weighted by Crippen LogP contribution is -2.53. The quantitative estimate of drug-likeness (QED) is 0.467. The maximum atomic E-state index is 9.70. The SMILES string of the molecule is OC1CCCC(O)(CI)C1O. The molecule has 3 atom stereocenters. The normalized spacial score (nSPS) is 45.8. The lowest BCUT2D eigenvalue weighted by atomic mass is 9.82. The summed E-state index contributed by atoms with van der Waals surface area (Å²) in [6, 6.07) is 0. The highest BCUT2D eigenvalue weighted by molar-refractivity contribution is 14.1. The highest BCUT2D eigenvalue weighted by Gasteiger charge is 2.41. The van der Waals surface area contributed by atoms with E-state index < -0.39 is 17.8 Å². The van der Waals surface area contributed by atoms with Gasteiger partial charge in [0.05, 0.1) is 6.10 Å². The van der Waals surface area contributed by atoms with E-state index in [4.69, 9.17) is 0 Å². The molecule has 0 spiro atoms. The Labute approximate surface area is 79.6 Å². The molecule has 0 heterocycles. The fourth-order valence-corrected chi connectivity index (χ4v) is 2.26. The molecule has 3 N–H and O–H groups in total. The first kappa shape index (κ1) is 9.70. The van der Waals surface area contributed by atoms with E-state index in [0.29, 0.717) is 17.3 Å². The molecule has 0 aromatic heterocycles. The molecule has 0 amide bonds. The molecule has 0 bridgehead atoms. The molecule has 0 saturated heterocycles. The van der Waals surface area contributed by atoms with Gasteiger partial charge in [0.15, 0.2) is 0 Å². The van der Waals surface area contributed by atoms with Crippen LogP contribution in [-0.4, -0.2) is 37.6 Å². The van der Waals surface area contributed by atoms with Gasteiger partial charge in [-0.3, -0.25) is 0 Å². The number of halogens is 1. The summed E-state index contributed by atoms with van der Waals surface area (Å²) < 4.78 is 0.475. The van der Waals surface area contributed by atoms with Crippen molar-refractivity contribution in [3.63, 3.8) is 0 Å². The number of rotatable bonds is 1. The molecular formula is C7H13IO3. The fourth-order valence-electron chi connectivity index (χ4n) is 1.43. The van der Waals surface area contributed by atoms with Crippen LogP contribution in [0.5, 0.6) is 0 Å². The monoisotopic (exact) mass is 272 g/mol. The van der Waals surface area contributed by atoms with Crippen LogP contribution in [0.3, 0.4) is 0 Å². The Bertz CT molecular complexity index is 142. The van der Waals surface area contributed by atoms with Crippen LogP contribution in [0.1, 0.15) is 19.3 Å². The first-order chi connectivity index (χ1) is 5.10. The molecule has 1 saturated carbocycles. The number of alkyl halides is 1. The standard InChI is InChI=1S/C7H13IO3/c8-4-7(11)3-1-2-5(9)6(7)10/h5-6,9-11H,1-4H2. The lowest BCUT2D eigenvalue weighted by Gasteiger charge is -2.38. The minimum atomic E-state index is -1.06. The van der Waals surface area contributed by atoms with E-state index in [1.165, 1.54) is 0 Å². The summed E-state index contributed by atoms with van der Waals surface area (Å²) in [7, 11) is 0. The zero-order valence-electron chi connectivity index (χ0n) is 6.20. The van der Waals surface area contributed by atoms with Gasteiger partial charge in [0, 0.05) is 4.43 Å². The van der Waals surface area contributed by atoms with Crippen LogP contribution in [0.2, 0.25) is 0 Å². The van der Waals surface area contributed by atoms with Gasteiger partial charge in [0.1, 0.15) is 11.7 Å². The molecule has 11 heavy (non-hydrogen) atoms. The summed E-state index contributed by atoms with van der Waals surface area (Å²) >= 11 is 2.03. The van der Waals surface area contributed by atoms with Crippen LogP contribution in [0, 0.1) is 0 Å². The van der Waals surface area contributed by atoms with Gasteiger partial charge in [-0.2, -0.15) is 0 Å². The van der Waals surface area contributed by atoms with E-state index in [2.05, 4.69) is 0 Å². The van der Waals surface area contributed by atoms with Crippen LogP contribution < -0.4 is 0 Å². The van der Waals surface area contributed by atoms with Crippen molar-refractivity contribution in [3.8, 4) is 0 Å². The van der Waals surface area contributed by atoms with Crippen molar-refractivity contribution in [2.75, 3.05) is 4.43 Å². The molecule has 1 fully saturated rings. The fraction of sp³-hybridized carbons (Fsp3) is 1.00. The Kier molecular flexibility index (Phi) is 3.13. The number of aliphatic hydroxyl groups excluding tert-OH is 2. The number of aliphatic hydroxyl groups is 3. The summed E-state index contributed by atoms with van der Waals surface area (Å²) in [5, 5.41) is 28.3.